The predicted octanol–water partition coefficient (Wildman–Crippen LogP) is 5.43. The summed E-state index contributed by atoms with van der Waals surface area (Å²) in [7, 11) is 0. The number of carbonyl (C=O) groups is 1. The first-order chi connectivity index (χ1) is 13.7. The lowest BCUT2D eigenvalue weighted by atomic mass is 9.91. The second-order valence-electron chi connectivity index (χ2n) is 7.13. The lowest BCUT2D eigenvalue weighted by Gasteiger charge is -2.20. The highest BCUT2D eigenvalue weighted by atomic mass is 19.4. The second-order valence-corrected chi connectivity index (χ2v) is 7.13. The van der Waals surface area contributed by atoms with E-state index >= 15 is 0 Å². The van der Waals surface area contributed by atoms with Crippen LogP contribution in [0.15, 0.2) is 52.7 Å². The predicted molar refractivity (Wildman–Crippen MR) is 101 cm³/mol. The Bertz CT molecular complexity index is 992. The van der Waals surface area contributed by atoms with Crippen LogP contribution in [0.3, 0.4) is 0 Å². The second kappa shape index (κ2) is 7.66. The van der Waals surface area contributed by atoms with Crippen molar-refractivity contribution in [2.45, 2.75) is 44.4 Å². The third-order valence-corrected chi connectivity index (χ3v) is 4.97. The van der Waals surface area contributed by atoms with Gasteiger partial charge in [0.25, 0.3) is 5.91 Å². The van der Waals surface area contributed by atoms with Crippen LogP contribution in [0.1, 0.15) is 48.6 Å². The van der Waals surface area contributed by atoms with E-state index in [1.807, 2.05) is 24.3 Å². The van der Waals surface area contributed by atoms with Gasteiger partial charge in [-0.3, -0.25) is 4.79 Å². The van der Waals surface area contributed by atoms with E-state index in [1.54, 1.807) is 6.92 Å². The minimum atomic E-state index is -4.70. The van der Waals surface area contributed by atoms with Gasteiger partial charge in [-0.2, -0.15) is 28.7 Å². The smallest absolute Gasteiger partial charge is 0.324 e. The van der Waals surface area contributed by atoms with E-state index in [2.05, 4.69) is 22.5 Å². The SMILES string of the molecule is CCc1ccc(C2CC(C)(C(=O)Nc3ccc(C#N)c(C(F)(F)F)c3)N=N2)cc1. The number of alkyl halides is 3. The minimum absolute atomic E-state index is 0.0477. The molecule has 150 valence electrons. The number of amides is 1. The molecule has 0 radical (unpaired) electrons. The zero-order chi connectivity index (χ0) is 21.2. The van der Waals surface area contributed by atoms with Crippen molar-refractivity contribution in [2.75, 3.05) is 5.32 Å². The molecule has 2 atom stereocenters. The van der Waals surface area contributed by atoms with Crippen LogP contribution in [-0.4, -0.2) is 11.4 Å². The summed E-state index contributed by atoms with van der Waals surface area (Å²) < 4.78 is 39.4. The number of carbonyl (C=O) groups excluding carboxylic acids is 1. The summed E-state index contributed by atoms with van der Waals surface area (Å²) in [6, 6.07) is 12.2. The summed E-state index contributed by atoms with van der Waals surface area (Å²) in [6.07, 6.45) is -3.47. The molecule has 1 aliphatic heterocycles. The molecule has 2 unspecified atom stereocenters. The van der Waals surface area contributed by atoms with Gasteiger partial charge in [-0.15, -0.1) is 0 Å². The van der Waals surface area contributed by atoms with Crippen molar-refractivity contribution >= 4 is 11.6 Å². The van der Waals surface area contributed by atoms with Crippen molar-refractivity contribution in [1.82, 2.24) is 0 Å². The number of azo groups is 1. The molecule has 2 aromatic carbocycles. The number of nitrogens with one attached hydrogen (secondary N) is 1. The van der Waals surface area contributed by atoms with Crippen molar-refractivity contribution < 1.29 is 18.0 Å². The number of benzene rings is 2. The number of hydrogen-bond donors (Lipinski definition) is 1. The highest BCUT2D eigenvalue weighted by molar-refractivity contribution is 5.98. The van der Waals surface area contributed by atoms with Crippen LogP contribution in [0.2, 0.25) is 0 Å². The maximum Gasteiger partial charge on any atom is 0.417 e. The van der Waals surface area contributed by atoms with E-state index in [1.165, 1.54) is 17.7 Å². The number of nitriles is 1. The summed E-state index contributed by atoms with van der Waals surface area (Å²) in [4.78, 5) is 12.7. The molecule has 0 saturated heterocycles. The molecule has 1 N–H and O–H groups in total. The maximum atomic E-state index is 13.1. The Morgan fingerprint density at radius 1 is 1.28 bits per heavy atom. The van der Waals surface area contributed by atoms with Gasteiger partial charge in [0, 0.05) is 12.1 Å². The topological polar surface area (TPSA) is 77.6 Å². The van der Waals surface area contributed by atoms with Gasteiger partial charge >= 0.3 is 6.18 Å². The molecule has 0 fully saturated rings. The summed E-state index contributed by atoms with van der Waals surface area (Å²) in [5.41, 5.74) is -0.720. The van der Waals surface area contributed by atoms with Gasteiger partial charge in [0.1, 0.15) is 0 Å². The van der Waals surface area contributed by atoms with Crippen LogP contribution in [0, 0.1) is 11.3 Å². The fraction of sp³-hybridized carbons (Fsp3) is 0.333. The van der Waals surface area contributed by atoms with Gasteiger partial charge in [-0.25, -0.2) is 0 Å². The van der Waals surface area contributed by atoms with Crippen molar-refractivity contribution in [3.8, 4) is 6.07 Å². The Kier molecular flexibility index (Phi) is 5.42. The largest absolute Gasteiger partial charge is 0.417 e. The summed E-state index contributed by atoms with van der Waals surface area (Å²) in [5, 5.41) is 19.7. The Hall–Kier alpha value is -3.21. The number of nitrogens with zero attached hydrogens (tertiary/aromatic N) is 3. The Labute approximate surface area is 166 Å². The highest BCUT2D eigenvalue weighted by Gasteiger charge is 2.41. The van der Waals surface area contributed by atoms with E-state index < -0.39 is 28.7 Å². The fourth-order valence-electron chi connectivity index (χ4n) is 3.17. The van der Waals surface area contributed by atoms with Crippen molar-refractivity contribution in [3.63, 3.8) is 0 Å². The number of anilines is 1. The third kappa shape index (κ3) is 4.29. The number of rotatable bonds is 4. The summed E-state index contributed by atoms with van der Waals surface area (Å²) >= 11 is 0. The van der Waals surface area contributed by atoms with Crippen LogP contribution >= 0.6 is 0 Å². The van der Waals surface area contributed by atoms with Crippen molar-refractivity contribution in [1.29, 1.82) is 5.26 Å². The molecule has 0 aliphatic carbocycles. The molecule has 0 spiro atoms. The van der Waals surface area contributed by atoms with Crippen LogP contribution in [0.5, 0.6) is 0 Å². The molecule has 0 saturated carbocycles. The molecule has 29 heavy (non-hydrogen) atoms. The van der Waals surface area contributed by atoms with Crippen LogP contribution in [-0.2, 0) is 17.4 Å². The van der Waals surface area contributed by atoms with E-state index in [4.69, 9.17) is 5.26 Å². The molecular weight excluding hydrogens is 381 g/mol. The highest BCUT2D eigenvalue weighted by Crippen LogP contribution is 2.38. The molecule has 3 rings (SSSR count). The van der Waals surface area contributed by atoms with Gasteiger partial charge in [0.05, 0.1) is 23.2 Å². The van der Waals surface area contributed by atoms with Crippen molar-refractivity contribution in [3.05, 3.63) is 64.7 Å². The van der Waals surface area contributed by atoms with Gasteiger partial charge in [-0.05, 0) is 42.7 Å². The maximum absolute atomic E-state index is 13.1. The monoisotopic (exact) mass is 400 g/mol. The number of halogens is 3. The van der Waals surface area contributed by atoms with Crippen LogP contribution in [0.25, 0.3) is 0 Å². The third-order valence-electron chi connectivity index (χ3n) is 4.97. The number of aryl methyl sites for hydroxylation is 1. The van der Waals surface area contributed by atoms with Gasteiger partial charge < -0.3 is 5.32 Å². The fourth-order valence-corrected chi connectivity index (χ4v) is 3.17. The average molecular weight is 400 g/mol. The average Bonchev–Trinajstić information content (AvgIpc) is 3.11. The summed E-state index contributed by atoms with van der Waals surface area (Å²) in [5.74, 6) is -0.549. The Morgan fingerprint density at radius 2 is 1.97 bits per heavy atom. The van der Waals surface area contributed by atoms with E-state index in [0.717, 1.165) is 24.1 Å². The standard InChI is InChI=1S/C21H19F3N4O/c1-3-13-4-6-14(7-5-13)18-11-20(2,28-27-18)19(29)26-16-9-8-15(12-25)17(10-16)21(22,23)24/h4-10,18H,3,11H2,1-2H3,(H,26,29). The first kappa shape index (κ1) is 20.5. The molecule has 0 aromatic heterocycles. The molecule has 0 bridgehead atoms. The van der Waals surface area contributed by atoms with Crippen LogP contribution < -0.4 is 5.32 Å². The van der Waals surface area contributed by atoms with Crippen LogP contribution in [0.4, 0.5) is 18.9 Å². The molecule has 2 aromatic rings. The Balaban J connectivity index is 1.76. The molecule has 8 heteroatoms. The molecule has 5 nitrogen and oxygen atoms in total. The quantitative estimate of drug-likeness (QED) is 0.742. The number of hydrogen-bond acceptors (Lipinski definition) is 4. The van der Waals surface area contributed by atoms with Crippen molar-refractivity contribution in [2.24, 2.45) is 10.2 Å². The van der Waals surface area contributed by atoms with E-state index in [-0.39, 0.29) is 11.7 Å². The lowest BCUT2D eigenvalue weighted by Crippen LogP contribution is -2.37. The molecular formula is C21H19F3N4O. The van der Waals surface area contributed by atoms with Gasteiger partial charge in [-0.1, -0.05) is 31.2 Å². The molecule has 1 aliphatic rings. The summed E-state index contributed by atoms with van der Waals surface area (Å²) in [6.45, 7) is 3.65. The van der Waals surface area contributed by atoms with E-state index in [0.29, 0.717) is 6.42 Å². The zero-order valence-corrected chi connectivity index (χ0v) is 15.9. The minimum Gasteiger partial charge on any atom is -0.324 e. The first-order valence-electron chi connectivity index (χ1n) is 9.10. The molecule has 1 heterocycles. The Morgan fingerprint density at radius 3 is 2.55 bits per heavy atom. The van der Waals surface area contributed by atoms with Gasteiger partial charge in [0.2, 0.25) is 0 Å². The lowest BCUT2D eigenvalue weighted by molar-refractivity contribution is -0.137. The molecule has 1 amide bonds. The van der Waals surface area contributed by atoms with Gasteiger partial charge in [0.15, 0.2) is 5.54 Å². The zero-order valence-electron chi connectivity index (χ0n) is 15.9. The normalized spacial score (nSPS) is 21.0. The van der Waals surface area contributed by atoms with E-state index in [9.17, 15) is 18.0 Å². The first-order valence-corrected chi connectivity index (χ1v) is 9.10.